The maximum atomic E-state index is 13.2. The Morgan fingerprint density at radius 1 is 1.33 bits per heavy atom. The Balaban J connectivity index is 2.27. The summed E-state index contributed by atoms with van der Waals surface area (Å²) in [5.74, 6) is -0.457. The quantitative estimate of drug-likeness (QED) is 0.885. The fraction of sp³-hybridized carbons (Fsp3) is 0.231. The molecule has 7 nitrogen and oxygen atoms in total. The van der Waals surface area contributed by atoms with Gasteiger partial charge in [0.25, 0.3) is 0 Å². The minimum Gasteiger partial charge on any atom is -0.461 e. The molecule has 2 aromatic rings. The Hall–Kier alpha value is -2.95. The smallest absolute Gasteiger partial charge is 0.323 e. The molecule has 1 heterocycles. The molecule has 0 fully saturated rings. The van der Waals surface area contributed by atoms with Crippen molar-refractivity contribution < 1.29 is 9.13 Å². The van der Waals surface area contributed by atoms with Crippen molar-refractivity contribution in [3.8, 4) is 12.1 Å². The highest BCUT2D eigenvalue weighted by Gasteiger charge is 2.09. The number of nitrogens with two attached hydrogens (primary N) is 1. The summed E-state index contributed by atoms with van der Waals surface area (Å²) in [6.07, 6.45) is -0.115. The molecule has 8 heteroatoms. The fourth-order valence-electron chi connectivity index (χ4n) is 1.51. The van der Waals surface area contributed by atoms with Crippen LogP contribution in [0.4, 0.5) is 22.0 Å². The van der Waals surface area contributed by atoms with E-state index < -0.39 is 5.82 Å². The van der Waals surface area contributed by atoms with Gasteiger partial charge in [-0.1, -0.05) is 0 Å². The first-order valence-electron chi connectivity index (χ1n) is 6.13. The molecule has 1 aromatic carbocycles. The van der Waals surface area contributed by atoms with Crippen LogP contribution < -0.4 is 15.8 Å². The summed E-state index contributed by atoms with van der Waals surface area (Å²) < 4.78 is 18.6. The second-order valence-electron chi connectivity index (χ2n) is 4.40. The number of hydrogen-bond donors (Lipinski definition) is 2. The van der Waals surface area contributed by atoms with E-state index in [9.17, 15) is 4.39 Å². The summed E-state index contributed by atoms with van der Waals surface area (Å²) in [6.45, 7) is 3.65. The van der Waals surface area contributed by atoms with Crippen LogP contribution in [-0.4, -0.2) is 21.1 Å². The van der Waals surface area contributed by atoms with Gasteiger partial charge in [-0.05, 0) is 32.0 Å². The van der Waals surface area contributed by atoms with Gasteiger partial charge in [-0.25, -0.2) is 4.39 Å². The maximum Gasteiger partial charge on any atom is 0.323 e. The molecule has 0 saturated carbocycles. The molecular weight excluding hydrogens is 275 g/mol. The summed E-state index contributed by atoms with van der Waals surface area (Å²) in [4.78, 5) is 11.8. The normalized spacial score (nSPS) is 10.2. The molecule has 108 valence electrons. The zero-order valence-corrected chi connectivity index (χ0v) is 11.5. The highest BCUT2D eigenvalue weighted by Crippen LogP contribution is 2.19. The predicted molar refractivity (Wildman–Crippen MR) is 74.4 cm³/mol. The number of ether oxygens (including phenoxy) is 1. The zero-order chi connectivity index (χ0) is 15.4. The van der Waals surface area contributed by atoms with Gasteiger partial charge in [0, 0.05) is 5.69 Å². The SMILES string of the molecule is CC(C)Oc1nc(N)nc(Nc2ccc(F)c(C#N)c2)n1. The van der Waals surface area contributed by atoms with Crippen molar-refractivity contribution in [2.24, 2.45) is 0 Å². The van der Waals surface area contributed by atoms with Crippen molar-refractivity contribution >= 4 is 17.6 Å². The third kappa shape index (κ3) is 3.76. The molecule has 0 spiro atoms. The standard InChI is InChI=1S/C13H13FN6O/c1-7(2)21-13-19-11(16)18-12(20-13)17-9-3-4-10(14)8(5-9)6-15/h3-5,7H,1-2H3,(H3,16,17,18,19,20). The second-order valence-corrected chi connectivity index (χ2v) is 4.40. The third-order valence-electron chi connectivity index (χ3n) is 2.32. The summed E-state index contributed by atoms with van der Waals surface area (Å²) >= 11 is 0. The number of benzene rings is 1. The van der Waals surface area contributed by atoms with Crippen molar-refractivity contribution in [3.63, 3.8) is 0 Å². The first-order valence-corrected chi connectivity index (χ1v) is 6.13. The van der Waals surface area contributed by atoms with Gasteiger partial charge in [0.05, 0.1) is 11.7 Å². The Kier molecular flexibility index (Phi) is 4.13. The molecule has 0 radical (unpaired) electrons. The zero-order valence-electron chi connectivity index (χ0n) is 11.5. The Morgan fingerprint density at radius 2 is 2.10 bits per heavy atom. The molecular formula is C13H13FN6O. The highest BCUT2D eigenvalue weighted by molar-refractivity contribution is 5.57. The van der Waals surface area contributed by atoms with Gasteiger partial charge in [0.1, 0.15) is 11.9 Å². The summed E-state index contributed by atoms with van der Waals surface area (Å²) in [6, 6.07) is 5.82. The lowest BCUT2D eigenvalue weighted by Gasteiger charge is -2.10. The topological polar surface area (TPSA) is 110 Å². The first kappa shape index (κ1) is 14.5. The summed E-state index contributed by atoms with van der Waals surface area (Å²) in [5, 5.41) is 11.6. The monoisotopic (exact) mass is 288 g/mol. The van der Waals surface area contributed by atoms with E-state index in [2.05, 4.69) is 20.3 Å². The molecule has 0 unspecified atom stereocenters. The van der Waals surface area contributed by atoms with Crippen LogP contribution in [0.15, 0.2) is 18.2 Å². The van der Waals surface area contributed by atoms with Crippen LogP contribution in [0.2, 0.25) is 0 Å². The van der Waals surface area contributed by atoms with Gasteiger partial charge in [-0.15, -0.1) is 0 Å². The van der Waals surface area contributed by atoms with Crippen LogP contribution in [-0.2, 0) is 0 Å². The first-order chi connectivity index (χ1) is 9.97. The van der Waals surface area contributed by atoms with Crippen LogP contribution >= 0.6 is 0 Å². The minimum absolute atomic E-state index is 0.00855. The number of rotatable bonds is 4. The number of hydrogen-bond acceptors (Lipinski definition) is 7. The van der Waals surface area contributed by atoms with Crippen LogP contribution in [0.1, 0.15) is 19.4 Å². The number of nitrogens with one attached hydrogen (secondary N) is 1. The van der Waals surface area contributed by atoms with Crippen LogP contribution in [0.5, 0.6) is 6.01 Å². The number of nitrogens with zero attached hydrogens (tertiary/aromatic N) is 4. The average molecular weight is 288 g/mol. The van der Waals surface area contributed by atoms with Gasteiger partial charge < -0.3 is 15.8 Å². The van der Waals surface area contributed by atoms with Crippen molar-refractivity contribution in [1.29, 1.82) is 5.26 Å². The van der Waals surface area contributed by atoms with Crippen LogP contribution in [0.25, 0.3) is 0 Å². The fourth-order valence-corrected chi connectivity index (χ4v) is 1.51. The van der Waals surface area contributed by atoms with Crippen LogP contribution in [0.3, 0.4) is 0 Å². The molecule has 3 N–H and O–H groups in total. The lowest BCUT2D eigenvalue weighted by Crippen LogP contribution is -2.11. The van der Waals surface area contributed by atoms with Gasteiger partial charge in [-0.3, -0.25) is 0 Å². The molecule has 0 amide bonds. The molecule has 21 heavy (non-hydrogen) atoms. The Bertz CT molecular complexity index is 698. The van der Waals surface area contributed by atoms with Gasteiger partial charge in [-0.2, -0.15) is 20.2 Å². The molecule has 0 saturated heterocycles. The lowest BCUT2D eigenvalue weighted by molar-refractivity contribution is 0.222. The number of nitriles is 1. The van der Waals surface area contributed by atoms with Crippen LogP contribution in [0, 0.1) is 17.1 Å². The summed E-state index contributed by atoms with van der Waals surface area (Å²) in [7, 11) is 0. The number of aromatic nitrogens is 3. The van der Waals surface area contributed by atoms with E-state index in [1.54, 1.807) is 6.07 Å². The minimum atomic E-state index is -0.595. The number of anilines is 3. The molecule has 0 aliphatic carbocycles. The van der Waals surface area contributed by atoms with Crippen molar-refractivity contribution in [2.75, 3.05) is 11.1 Å². The molecule has 0 aliphatic heterocycles. The van der Waals surface area contributed by atoms with Crippen molar-refractivity contribution in [1.82, 2.24) is 15.0 Å². The molecule has 0 atom stereocenters. The predicted octanol–water partition coefficient (Wildman–Crippen LogP) is 2.00. The summed E-state index contributed by atoms with van der Waals surface area (Å²) in [5.41, 5.74) is 5.94. The lowest BCUT2D eigenvalue weighted by atomic mass is 10.2. The van der Waals surface area contributed by atoms with E-state index in [-0.39, 0.29) is 29.6 Å². The molecule has 2 rings (SSSR count). The Labute approximate surface area is 120 Å². The number of halogens is 1. The van der Waals surface area contributed by atoms with Gasteiger partial charge in [0.2, 0.25) is 11.9 Å². The average Bonchev–Trinajstić information content (AvgIpc) is 2.39. The molecule has 0 aliphatic rings. The van der Waals surface area contributed by atoms with E-state index in [1.807, 2.05) is 13.8 Å². The van der Waals surface area contributed by atoms with E-state index in [4.69, 9.17) is 15.7 Å². The van der Waals surface area contributed by atoms with E-state index >= 15 is 0 Å². The maximum absolute atomic E-state index is 13.2. The second kappa shape index (κ2) is 6.00. The number of nitrogen functional groups attached to an aromatic ring is 1. The van der Waals surface area contributed by atoms with E-state index in [0.29, 0.717) is 5.69 Å². The van der Waals surface area contributed by atoms with Crippen molar-refractivity contribution in [3.05, 3.63) is 29.6 Å². The van der Waals surface area contributed by atoms with Gasteiger partial charge >= 0.3 is 6.01 Å². The van der Waals surface area contributed by atoms with Crippen molar-refractivity contribution in [2.45, 2.75) is 20.0 Å². The Morgan fingerprint density at radius 3 is 2.76 bits per heavy atom. The highest BCUT2D eigenvalue weighted by atomic mass is 19.1. The van der Waals surface area contributed by atoms with E-state index in [0.717, 1.165) is 0 Å². The van der Waals surface area contributed by atoms with Gasteiger partial charge in [0.15, 0.2) is 0 Å². The third-order valence-corrected chi connectivity index (χ3v) is 2.32. The largest absolute Gasteiger partial charge is 0.461 e. The molecule has 1 aromatic heterocycles. The molecule has 0 bridgehead atoms. The van der Waals surface area contributed by atoms with E-state index in [1.165, 1.54) is 18.2 Å².